The Hall–Kier alpha value is -7.95. The lowest BCUT2D eigenvalue weighted by Gasteiger charge is -2.14. The van der Waals surface area contributed by atoms with Gasteiger partial charge in [-0.25, -0.2) is 15.0 Å². The summed E-state index contributed by atoms with van der Waals surface area (Å²) in [4.78, 5) is 15.1. The molecule has 11 rings (SSSR count). The van der Waals surface area contributed by atoms with Crippen LogP contribution in [0.2, 0.25) is 0 Å². The highest BCUT2D eigenvalue weighted by Gasteiger charge is 2.20. The highest BCUT2D eigenvalue weighted by molar-refractivity contribution is 6.17. The zero-order valence-electron chi connectivity index (χ0n) is 32.1. The molecule has 0 amide bonds. The SMILES string of the molecule is c1ccc(-c2ccc(-c3nc(-c4ccccc4)nc(-c4ccc(-c5cc(-c6ccccc6)c6c7ccccc7n(-c7cccc8ccccc78)c6c5)cc4)n3)cc2)cc1. The zero-order chi connectivity index (χ0) is 39.1. The molecule has 2 heterocycles. The molecule has 4 nitrogen and oxygen atoms in total. The molecule has 0 aliphatic heterocycles. The van der Waals surface area contributed by atoms with Crippen molar-refractivity contribution in [1.82, 2.24) is 19.5 Å². The predicted octanol–water partition coefficient (Wildman–Crippen LogP) is 14.1. The first-order valence-electron chi connectivity index (χ1n) is 19.9. The molecule has 59 heavy (non-hydrogen) atoms. The van der Waals surface area contributed by atoms with Crippen LogP contribution in [0.25, 0.3) is 106 Å². The van der Waals surface area contributed by atoms with Crippen molar-refractivity contribution in [3.05, 3.63) is 218 Å². The third-order valence-electron chi connectivity index (χ3n) is 11.3. The van der Waals surface area contributed by atoms with Crippen LogP contribution in [-0.2, 0) is 0 Å². The fraction of sp³-hybridized carbons (Fsp3) is 0. The first-order valence-corrected chi connectivity index (χ1v) is 19.9. The molecule has 276 valence electrons. The van der Waals surface area contributed by atoms with Crippen LogP contribution in [-0.4, -0.2) is 19.5 Å². The minimum absolute atomic E-state index is 0.629. The van der Waals surface area contributed by atoms with Gasteiger partial charge >= 0.3 is 0 Å². The van der Waals surface area contributed by atoms with Crippen molar-refractivity contribution in [2.24, 2.45) is 0 Å². The molecule has 0 spiro atoms. The Balaban J connectivity index is 1.06. The number of aromatic nitrogens is 4. The average molecular weight is 753 g/mol. The molecule has 11 aromatic rings. The molecule has 0 N–H and O–H groups in total. The Labute approximate surface area is 342 Å². The molecule has 0 radical (unpaired) electrons. The van der Waals surface area contributed by atoms with Gasteiger partial charge in [0.05, 0.1) is 16.7 Å². The number of rotatable bonds is 7. The van der Waals surface area contributed by atoms with Crippen molar-refractivity contribution in [2.45, 2.75) is 0 Å². The minimum Gasteiger partial charge on any atom is -0.309 e. The lowest BCUT2D eigenvalue weighted by molar-refractivity contribution is 1.07. The first-order chi connectivity index (χ1) is 29.2. The monoisotopic (exact) mass is 752 g/mol. The van der Waals surface area contributed by atoms with Gasteiger partial charge in [-0.1, -0.05) is 194 Å². The van der Waals surface area contributed by atoms with Crippen LogP contribution in [0.15, 0.2) is 218 Å². The van der Waals surface area contributed by atoms with E-state index in [9.17, 15) is 0 Å². The fourth-order valence-electron chi connectivity index (χ4n) is 8.38. The maximum atomic E-state index is 5.07. The molecule has 0 unspecified atom stereocenters. The summed E-state index contributed by atoms with van der Waals surface area (Å²) in [5, 5.41) is 4.90. The van der Waals surface area contributed by atoms with Crippen molar-refractivity contribution < 1.29 is 0 Å². The molecule has 2 aromatic heterocycles. The van der Waals surface area contributed by atoms with Gasteiger partial charge in [0.1, 0.15) is 0 Å². The lowest BCUT2D eigenvalue weighted by atomic mass is 9.94. The van der Waals surface area contributed by atoms with Crippen molar-refractivity contribution in [2.75, 3.05) is 0 Å². The van der Waals surface area contributed by atoms with Gasteiger partial charge in [0.2, 0.25) is 0 Å². The van der Waals surface area contributed by atoms with E-state index in [0.717, 1.165) is 44.6 Å². The van der Waals surface area contributed by atoms with Crippen molar-refractivity contribution in [3.8, 4) is 73.2 Å². The summed E-state index contributed by atoms with van der Waals surface area (Å²) < 4.78 is 2.45. The summed E-state index contributed by atoms with van der Waals surface area (Å²) in [5.74, 6) is 1.90. The third-order valence-corrected chi connectivity index (χ3v) is 11.3. The Kier molecular flexibility index (Phi) is 8.45. The number of hydrogen-bond donors (Lipinski definition) is 0. The second kappa shape index (κ2) is 14.5. The van der Waals surface area contributed by atoms with Gasteiger partial charge in [-0.05, 0) is 63.0 Å². The summed E-state index contributed by atoms with van der Waals surface area (Å²) in [6.07, 6.45) is 0. The van der Waals surface area contributed by atoms with Gasteiger partial charge in [0.25, 0.3) is 0 Å². The van der Waals surface area contributed by atoms with Gasteiger partial charge in [-0.2, -0.15) is 0 Å². The van der Waals surface area contributed by atoms with Crippen molar-refractivity contribution in [3.63, 3.8) is 0 Å². The van der Waals surface area contributed by atoms with E-state index in [1.165, 1.54) is 43.8 Å². The maximum Gasteiger partial charge on any atom is 0.164 e. The third kappa shape index (κ3) is 6.24. The molecule has 0 saturated carbocycles. The van der Waals surface area contributed by atoms with E-state index < -0.39 is 0 Å². The van der Waals surface area contributed by atoms with E-state index in [1.807, 2.05) is 36.4 Å². The van der Waals surface area contributed by atoms with Crippen molar-refractivity contribution in [1.29, 1.82) is 0 Å². The van der Waals surface area contributed by atoms with E-state index in [4.69, 9.17) is 15.0 Å². The van der Waals surface area contributed by atoms with Crippen LogP contribution in [0, 0.1) is 0 Å². The quantitative estimate of drug-likeness (QED) is 0.163. The molecule has 0 aliphatic rings. The summed E-state index contributed by atoms with van der Waals surface area (Å²) in [6.45, 7) is 0. The smallest absolute Gasteiger partial charge is 0.164 e. The van der Waals surface area contributed by atoms with Gasteiger partial charge in [0.15, 0.2) is 17.5 Å². The van der Waals surface area contributed by atoms with E-state index in [-0.39, 0.29) is 0 Å². The Morgan fingerprint density at radius 2 is 0.729 bits per heavy atom. The topological polar surface area (TPSA) is 43.6 Å². The second-order valence-corrected chi connectivity index (χ2v) is 14.8. The largest absolute Gasteiger partial charge is 0.309 e. The summed E-state index contributed by atoms with van der Waals surface area (Å²) in [6, 6.07) is 77.1. The average Bonchev–Trinajstić information content (AvgIpc) is 3.66. The van der Waals surface area contributed by atoms with Crippen LogP contribution < -0.4 is 0 Å². The Bertz CT molecular complexity index is 3280. The molecule has 0 saturated heterocycles. The standard InChI is InChI=1S/C55H36N4/c1-4-15-37(16-5-1)38-27-31-43(32-28-38)54-56-53(42-20-8-3-9-21-42)57-55(58-54)44-33-29-39(30-34-44)45-35-48(41-17-6-2-7-18-41)52-47-24-12-13-25-50(47)59(51(52)36-45)49-26-14-22-40-19-10-11-23-46(40)49/h1-36H. The normalized spacial score (nSPS) is 11.4. The number of benzene rings is 9. The van der Waals surface area contributed by atoms with Gasteiger partial charge in [-0.15, -0.1) is 0 Å². The summed E-state index contributed by atoms with van der Waals surface area (Å²) >= 11 is 0. The highest BCUT2D eigenvalue weighted by Crippen LogP contribution is 2.42. The highest BCUT2D eigenvalue weighted by atomic mass is 15.0. The van der Waals surface area contributed by atoms with Crippen LogP contribution in [0.3, 0.4) is 0 Å². The predicted molar refractivity (Wildman–Crippen MR) is 244 cm³/mol. The summed E-state index contributed by atoms with van der Waals surface area (Å²) in [7, 11) is 0. The van der Waals surface area contributed by atoms with Crippen LogP contribution in [0.5, 0.6) is 0 Å². The van der Waals surface area contributed by atoms with E-state index in [0.29, 0.717) is 17.5 Å². The van der Waals surface area contributed by atoms with Crippen LogP contribution >= 0.6 is 0 Å². The maximum absolute atomic E-state index is 5.07. The number of para-hydroxylation sites is 1. The van der Waals surface area contributed by atoms with Crippen LogP contribution in [0.4, 0.5) is 0 Å². The Morgan fingerprint density at radius 3 is 1.36 bits per heavy atom. The van der Waals surface area contributed by atoms with Gasteiger partial charge < -0.3 is 4.57 Å². The van der Waals surface area contributed by atoms with E-state index in [2.05, 4.69) is 187 Å². The number of fused-ring (bicyclic) bond motifs is 4. The molecule has 9 aromatic carbocycles. The van der Waals surface area contributed by atoms with E-state index >= 15 is 0 Å². The molecule has 0 bridgehead atoms. The fourth-order valence-corrected chi connectivity index (χ4v) is 8.38. The molecule has 0 aliphatic carbocycles. The number of hydrogen-bond acceptors (Lipinski definition) is 3. The summed E-state index contributed by atoms with van der Waals surface area (Å²) in [5.41, 5.74) is 13.2. The molecule has 0 fully saturated rings. The van der Waals surface area contributed by atoms with E-state index in [1.54, 1.807) is 0 Å². The molecular formula is C55H36N4. The first kappa shape index (κ1) is 34.3. The Morgan fingerprint density at radius 1 is 0.288 bits per heavy atom. The number of nitrogens with zero attached hydrogens (tertiary/aromatic N) is 4. The van der Waals surface area contributed by atoms with Gasteiger partial charge in [-0.3, -0.25) is 0 Å². The molecule has 0 atom stereocenters. The molecular weight excluding hydrogens is 717 g/mol. The van der Waals surface area contributed by atoms with Crippen molar-refractivity contribution >= 4 is 32.6 Å². The zero-order valence-corrected chi connectivity index (χ0v) is 32.1. The van der Waals surface area contributed by atoms with Gasteiger partial charge in [0, 0.05) is 32.8 Å². The second-order valence-electron chi connectivity index (χ2n) is 14.8. The minimum atomic E-state index is 0.629. The van der Waals surface area contributed by atoms with Crippen LogP contribution in [0.1, 0.15) is 0 Å². The lowest BCUT2D eigenvalue weighted by Crippen LogP contribution is -2.00. The molecule has 4 heteroatoms.